The first kappa shape index (κ1) is 49.3. The number of aromatic amines is 2. The molecule has 19 nitrogen and oxygen atoms in total. The number of amides is 4. The van der Waals surface area contributed by atoms with Crippen LogP contribution in [0, 0.1) is 17.7 Å². The van der Waals surface area contributed by atoms with E-state index >= 15 is 4.39 Å². The number of alkyl carbamates (subject to hydrolysis) is 2. The third kappa shape index (κ3) is 9.47. The zero-order valence-electron chi connectivity index (χ0n) is 41.1. The van der Waals surface area contributed by atoms with Crippen LogP contribution in [-0.2, 0) is 19.1 Å². The van der Waals surface area contributed by atoms with Gasteiger partial charge in [-0.2, -0.15) is 0 Å². The quantitative estimate of drug-likeness (QED) is 0.0955. The number of imidazole rings is 2. The van der Waals surface area contributed by atoms with Crippen LogP contribution in [0.25, 0.3) is 50.9 Å². The second-order valence-electron chi connectivity index (χ2n) is 18.6. The number of halogens is 1. The Balaban J connectivity index is 1.06. The van der Waals surface area contributed by atoms with Gasteiger partial charge in [0, 0.05) is 47.8 Å². The summed E-state index contributed by atoms with van der Waals surface area (Å²) < 4.78 is 35.5. The Labute approximate surface area is 418 Å². The number of nitrogens with zero attached hydrogens (tertiary/aromatic N) is 8. The molecule has 0 radical (unpaired) electrons. The Morgan fingerprint density at radius 1 is 0.847 bits per heavy atom. The third-order valence-electron chi connectivity index (χ3n) is 13.4. The van der Waals surface area contributed by atoms with Crippen molar-refractivity contribution in [3.8, 4) is 39.0 Å². The van der Waals surface area contributed by atoms with Gasteiger partial charge in [0.25, 0.3) is 0 Å². The van der Waals surface area contributed by atoms with Gasteiger partial charge in [-0.25, -0.2) is 28.9 Å². The maximum absolute atomic E-state index is 17.1. The van der Waals surface area contributed by atoms with Crippen molar-refractivity contribution in [3.63, 3.8) is 0 Å². The molecule has 2 saturated heterocycles. The summed E-state index contributed by atoms with van der Waals surface area (Å²) in [6.45, 7) is 14.8. The minimum absolute atomic E-state index is 0.179. The SMILES string of the molecule is C=C(/C=c1/cc2n(/c1=C/C)C(c1cnc(-c3cnccn3)s1)Oc1cc(-c3cnc([C@@H]4CCCN4C(=O)[C@@H](NC(=O)OC)C(C)C)[nH]3)cc(F)c1-2)c1cnc([C@@H]2CCCN2C(=O)[C@@H](NC(=O)OC)C(C)C)[nH]1. The number of nitrogens with one attached hydrogen (secondary N) is 4. The lowest BCUT2D eigenvalue weighted by atomic mass is 10.0. The molecule has 3 aliphatic heterocycles. The molecule has 3 aliphatic rings. The summed E-state index contributed by atoms with van der Waals surface area (Å²) in [5.74, 6) is 0.0710. The molecule has 0 saturated carbocycles. The summed E-state index contributed by atoms with van der Waals surface area (Å²) in [5.41, 5.74) is 3.64. The smallest absolute Gasteiger partial charge is 0.407 e. The lowest BCUT2D eigenvalue weighted by molar-refractivity contribution is -0.136. The molecule has 376 valence electrons. The molecular weight excluding hydrogens is 944 g/mol. The fourth-order valence-corrected chi connectivity index (χ4v) is 10.7. The number of benzene rings is 1. The number of hydrogen-bond acceptors (Lipinski definition) is 13. The first-order chi connectivity index (χ1) is 34.7. The molecule has 72 heavy (non-hydrogen) atoms. The van der Waals surface area contributed by atoms with Gasteiger partial charge in [0.2, 0.25) is 18.0 Å². The van der Waals surface area contributed by atoms with Crippen LogP contribution in [0.15, 0.2) is 62.0 Å². The molecule has 0 aliphatic carbocycles. The summed E-state index contributed by atoms with van der Waals surface area (Å²) in [6, 6.07) is 2.84. The fraction of sp³-hybridized carbons (Fsp3) is 0.392. The Bertz CT molecular complexity index is 3160. The maximum Gasteiger partial charge on any atom is 0.407 e. The third-order valence-corrected chi connectivity index (χ3v) is 14.4. The van der Waals surface area contributed by atoms with E-state index in [0.717, 1.165) is 28.3 Å². The molecule has 2 fully saturated rings. The molecule has 4 N–H and O–H groups in total. The van der Waals surface area contributed by atoms with Crippen molar-refractivity contribution in [2.75, 3.05) is 27.3 Å². The number of thiazole rings is 1. The largest absolute Gasteiger partial charge is 0.464 e. The van der Waals surface area contributed by atoms with E-state index in [1.807, 2.05) is 57.4 Å². The van der Waals surface area contributed by atoms with Crippen LogP contribution >= 0.6 is 11.3 Å². The average molecular weight is 1000 g/mol. The molecule has 0 spiro atoms. The van der Waals surface area contributed by atoms with Gasteiger partial charge in [0.15, 0.2) is 0 Å². The molecule has 6 aromatic rings. The first-order valence-corrected chi connectivity index (χ1v) is 24.7. The van der Waals surface area contributed by atoms with Crippen molar-refractivity contribution in [1.29, 1.82) is 0 Å². The van der Waals surface area contributed by atoms with Crippen LogP contribution < -0.4 is 25.9 Å². The van der Waals surface area contributed by atoms with Crippen LogP contribution in [-0.4, -0.2) is 113 Å². The van der Waals surface area contributed by atoms with Crippen molar-refractivity contribution in [2.45, 2.75) is 90.7 Å². The Morgan fingerprint density at radius 2 is 1.49 bits per heavy atom. The minimum Gasteiger partial charge on any atom is -0.464 e. The molecule has 21 heteroatoms. The normalized spacial score (nSPS) is 18.7. The van der Waals surface area contributed by atoms with Crippen molar-refractivity contribution in [1.82, 2.24) is 59.9 Å². The number of rotatable bonds is 13. The van der Waals surface area contributed by atoms with Crippen LogP contribution in [0.1, 0.15) is 101 Å². The van der Waals surface area contributed by atoms with Crippen molar-refractivity contribution in [3.05, 3.63) is 101 Å². The molecule has 9 rings (SSSR count). The second-order valence-corrected chi connectivity index (χ2v) is 19.7. The maximum atomic E-state index is 17.1. The van der Waals surface area contributed by atoms with E-state index in [1.165, 1.54) is 31.6 Å². The molecule has 1 aromatic carbocycles. The number of carbonyl (C=O) groups is 4. The summed E-state index contributed by atoms with van der Waals surface area (Å²) in [5, 5.41) is 7.47. The highest BCUT2D eigenvalue weighted by Crippen LogP contribution is 2.45. The van der Waals surface area contributed by atoms with E-state index in [-0.39, 0.29) is 35.3 Å². The highest BCUT2D eigenvalue weighted by molar-refractivity contribution is 7.15. The molecule has 4 amide bonds. The monoisotopic (exact) mass is 1000 g/mol. The van der Waals surface area contributed by atoms with E-state index < -0.39 is 42.4 Å². The topological polar surface area (TPSA) is 227 Å². The fourth-order valence-electron chi connectivity index (χ4n) is 9.76. The molecule has 1 unspecified atom stereocenters. The number of aromatic nitrogens is 8. The highest BCUT2D eigenvalue weighted by atomic mass is 32.1. The van der Waals surface area contributed by atoms with Gasteiger partial charge in [-0.15, -0.1) is 11.3 Å². The number of fused-ring (bicyclic) bond motifs is 3. The van der Waals surface area contributed by atoms with E-state index in [0.29, 0.717) is 82.2 Å². The van der Waals surface area contributed by atoms with Crippen molar-refractivity contribution >= 4 is 53.1 Å². The van der Waals surface area contributed by atoms with E-state index in [1.54, 1.807) is 53.0 Å². The number of H-pyrrole nitrogens is 2. The van der Waals surface area contributed by atoms with Gasteiger partial charge in [0.1, 0.15) is 46.0 Å². The molecule has 0 bridgehead atoms. The number of hydrogen-bond donors (Lipinski definition) is 4. The van der Waals surface area contributed by atoms with Gasteiger partial charge in [0.05, 0.1) is 72.4 Å². The molecule has 5 aromatic heterocycles. The minimum atomic E-state index is -0.795. The van der Waals surface area contributed by atoms with E-state index in [2.05, 4.69) is 37.1 Å². The van der Waals surface area contributed by atoms with Crippen LogP contribution in [0.5, 0.6) is 5.75 Å². The van der Waals surface area contributed by atoms with Gasteiger partial charge in [-0.05, 0) is 74.3 Å². The lowest BCUT2D eigenvalue weighted by Gasteiger charge is -2.30. The molecular formula is C51H57FN12O7S. The summed E-state index contributed by atoms with van der Waals surface area (Å²) in [7, 11) is 2.52. The van der Waals surface area contributed by atoms with Crippen molar-refractivity contribution < 1.29 is 37.8 Å². The number of allylic oxidation sites excluding steroid dienone is 1. The predicted octanol–water partition coefficient (Wildman–Crippen LogP) is 6.64. The molecule has 8 heterocycles. The Hall–Kier alpha value is -7.68. The van der Waals surface area contributed by atoms with Gasteiger partial charge < -0.3 is 44.6 Å². The van der Waals surface area contributed by atoms with Gasteiger partial charge >= 0.3 is 12.2 Å². The van der Waals surface area contributed by atoms with Crippen LogP contribution in [0.4, 0.5) is 14.0 Å². The zero-order valence-corrected chi connectivity index (χ0v) is 41.9. The Kier molecular flexibility index (Phi) is 14.1. The van der Waals surface area contributed by atoms with E-state index in [9.17, 15) is 19.2 Å². The van der Waals surface area contributed by atoms with Crippen LogP contribution in [0.2, 0.25) is 0 Å². The standard InChI is InChI=1S/C51H57FN12O7S/c1-9-35-30(18-28(6)32-23-55-44(58-32)36-12-10-16-62(36)47(65)42(26(2)3)60-50(67)69-7)20-38-41-31(52)19-29(21-39(41)71-49(64(35)38)40-25-57-46(72-40)34-22-53-14-15-54-34)33-24-56-45(59-33)37-13-11-17-63(37)48(66)43(27(4)5)61-51(68)70-8/h9,14-15,18-27,36-37,42-43,49H,6,10-13,16-17H2,1-5,7-8H3,(H,55,58)(H,56,59)(H,60,67)(H,61,68)/b30-18-,35-9+/t36-,37-,42-,43-,49?/m0/s1. The van der Waals surface area contributed by atoms with Crippen LogP contribution in [0.3, 0.4) is 0 Å². The summed E-state index contributed by atoms with van der Waals surface area (Å²) >= 11 is 1.39. The van der Waals surface area contributed by atoms with Crippen molar-refractivity contribution in [2.24, 2.45) is 11.8 Å². The zero-order chi connectivity index (χ0) is 51.0. The average Bonchev–Trinajstić information content (AvgIpc) is 4.24. The molecule has 5 atom stereocenters. The second kappa shape index (κ2) is 20.6. The lowest BCUT2D eigenvalue weighted by Crippen LogP contribution is -2.51. The van der Waals surface area contributed by atoms with Gasteiger partial charge in [-0.1, -0.05) is 40.3 Å². The highest BCUT2D eigenvalue weighted by Gasteiger charge is 2.40. The Morgan fingerprint density at radius 3 is 2.08 bits per heavy atom. The number of carbonyl (C=O) groups excluding carboxylic acids is 4. The van der Waals surface area contributed by atoms with E-state index in [4.69, 9.17) is 29.2 Å². The number of likely N-dealkylation sites (tertiary alicyclic amines) is 2. The number of ether oxygens (including phenoxy) is 3. The van der Waals surface area contributed by atoms with Gasteiger partial charge in [-0.3, -0.25) is 24.1 Å². The summed E-state index contributed by atoms with van der Waals surface area (Å²) in [4.78, 5) is 85.8. The summed E-state index contributed by atoms with van der Waals surface area (Å²) in [6.07, 6.45) is 14.4. The predicted molar refractivity (Wildman–Crippen MR) is 266 cm³/mol. The number of methoxy groups -OCH3 is 2. The first-order valence-electron chi connectivity index (χ1n) is 23.9.